The first-order chi connectivity index (χ1) is 9.22. The highest BCUT2D eigenvalue weighted by Gasteiger charge is 2.06. The van der Waals surface area contributed by atoms with Crippen LogP contribution >= 0.6 is 15.9 Å². The number of ether oxygens (including phenoxy) is 1. The van der Waals surface area contributed by atoms with Gasteiger partial charge in [-0.15, -0.1) is 0 Å². The molecule has 0 saturated heterocycles. The van der Waals surface area contributed by atoms with Crippen LogP contribution in [-0.2, 0) is 0 Å². The number of benzene rings is 1. The third kappa shape index (κ3) is 2.51. The fourth-order valence-electron chi connectivity index (χ4n) is 1.70. The first-order valence-electron chi connectivity index (χ1n) is 5.59. The van der Waals surface area contributed by atoms with E-state index >= 15 is 0 Å². The van der Waals surface area contributed by atoms with Crippen molar-refractivity contribution in [1.29, 1.82) is 0 Å². The van der Waals surface area contributed by atoms with Gasteiger partial charge in [-0.1, -0.05) is 0 Å². The second kappa shape index (κ2) is 4.85. The van der Waals surface area contributed by atoms with Crippen molar-refractivity contribution in [2.75, 3.05) is 0 Å². The minimum absolute atomic E-state index is 0.203. The van der Waals surface area contributed by atoms with E-state index in [1.807, 2.05) is 6.07 Å². The van der Waals surface area contributed by atoms with Crippen LogP contribution in [0.4, 0.5) is 0 Å². The monoisotopic (exact) mass is 316 g/mol. The van der Waals surface area contributed by atoms with E-state index in [4.69, 9.17) is 4.74 Å². The highest BCUT2D eigenvalue weighted by atomic mass is 79.9. The van der Waals surface area contributed by atoms with Crippen molar-refractivity contribution in [3.63, 3.8) is 0 Å². The lowest BCUT2D eigenvalue weighted by Crippen LogP contribution is -1.89. The zero-order chi connectivity index (χ0) is 13.2. The summed E-state index contributed by atoms with van der Waals surface area (Å²) in [4.78, 5) is 8.56. The molecule has 1 N–H and O–H groups in total. The van der Waals surface area contributed by atoms with Gasteiger partial charge < -0.3 is 9.84 Å². The molecule has 4 nitrogen and oxygen atoms in total. The second-order valence-electron chi connectivity index (χ2n) is 3.93. The number of rotatable bonds is 2. The molecule has 2 aromatic heterocycles. The number of hydrogen-bond acceptors (Lipinski definition) is 4. The number of pyridine rings is 2. The summed E-state index contributed by atoms with van der Waals surface area (Å²) in [5.41, 5.74) is 1.45. The van der Waals surface area contributed by atoms with E-state index in [0.29, 0.717) is 17.0 Å². The van der Waals surface area contributed by atoms with Gasteiger partial charge in [0.2, 0.25) is 0 Å². The molecule has 1 aromatic carbocycles. The van der Waals surface area contributed by atoms with Gasteiger partial charge in [-0.25, -0.2) is 4.98 Å². The zero-order valence-corrected chi connectivity index (χ0v) is 11.3. The number of aromatic nitrogens is 2. The van der Waals surface area contributed by atoms with Gasteiger partial charge in [0.25, 0.3) is 0 Å². The molecule has 0 spiro atoms. The lowest BCUT2D eigenvalue weighted by Gasteiger charge is -2.07. The Balaban J connectivity index is 2.03. The lowest BCUT2D eigenvalue weighted by atomic mass is 10.3. The summed E-state index contributed by atoms with van der Waals surface area (Å²) in [7, 11) is 0. The maximum Gasteiger partial charge on any atom is 0.156 e. The van der Waals surface area contributed by atoms with Crippen LogP contribution in [0, 0.1) is 0 Å². The van der Waals surface area contributed by atoms with E-state index in [1.165, 1.54) is 0 Å². The van der Waals surface area contributed by atoms with Crippen molar-refractivity contribution in [3.05, 3.63) is 53.3 Å². The first kappa shape index (κ1) is 11.9. The molecule has 0 bridgehead atoms. The van der Waals surface area contributed by atoms with Gasteiger partial charge in [-0.3, -0.25) is 4.98 Å². The number of fused-ring (bicyclic) bond motifs is 1. The minimum atomic E-state index is 0.203. The van der Waals surface area contributed by atoms with Gasteiger partial charge in [0.1, 0.15) is 17.0 Å². The smallest absolute Gasteiger partial charge is 0.156 e. The molecule has 0 unspecified atom stereocenters. The summed E-state index contributed by atoms with van der Waals surface area (Å²) < 4.78 is 6.63. The molecule has 2 heterocycles. The van der Waals surface area contributed by atoms with Crippen molar-refractivity contribution in [2.45, 2.75) is 0 Å². The molecule has 0 radical (unpaired) electrons. The van der Waals surface area contributed by atoms with E-state index in [1.54, 1.807) is 42.7 Å². The maximum absolute atomic E-state index is 9.24. The number of phenolic OH excluding ortho intramolecular Hbond substituents is 1. The third-order valence-corrected chi connectivity index (χ3v) is 3.01. The number of aromatic hydroxyl groups is 1. The predicted octanol–water partition coefficient (Wildman–Crippen LogP) is 3.89. The van der Waals surface area contributed by atoms with Crippen molar-refractivity contribution >= 4 is 27.0 Å². The summed E-state index contributed by atoms with van der Waals surface area (Å²) in [6.07, 6.45) is 3.37. The van der Waals surface area contributed by atoms with E-state index in [9.17, 15) is 5.11 Å². The summed E-state index contributed by atoms with van der Waals surface area (Å²) in [5, 5.41) is 9.24. The fourth-order valence-corrected chi connectivity index (χ4v) is 2.02. The number of phenols is 1. The van der Waals surface area contributed by atoms with Crippen LogP contribution in [-0.4, -0.2) is 15.1 Å². The topological polar surface area (TPSA) is 55.2 Å². The van der Waals surface area contributed by atoms with Gasteiger partial charge in [0, 0.05) is 22.9 Å². The molecule has 0 fully saturated rings. The molecule has 0 aliphatic heterocycles. The predicted molar refractivity (Wildman–Crippen MR) is 75.4 cm³/mol. The molecule has 0 aliphatic rings. The Morgan fingerprint density at radius 2 is 1.84 bits per heavy atom. The Hall–Kier alpha value is -2.14. The minimum Gasteiger partial charge on any atom is -0.508 e. The lowest BCUT2D eigenvalue weighted by molar-refractivity contribution is 0.465. The number of halogens is 1. The standard InChI is InChI=1S/C14H9BrN2O2/c15-9-7-12-14(17-8-9)13(5-6-16-12)19-11-3-1-10(18)2-4-11/h1-8,18H. The Morgan fingerprint density at radius 3 is 2.63 bits per heavy atom. The number of nitrogens with zero attached hydrogens (tertiary/aromatic N) is 2. The van der Waals surface area contributed by atoms with Gasteiger partial charge in [-0.2, -0.15) is 0 Å². The summed E-state index contributed by atoms with van der Waals surface area (Å²) in [6, 6.07) is 10.2. The molecule has 3 rings (SSSR count). The molecule has 0 atom stereocenters. The van der Waals surface area contributed by atoms with Crippen LogP contribution in [0.5, 0.6) is 17.2 Å². The Labute approximate surface area is 117 Å². The molecule has 94 valence electrons. The largest absolute Gasteiger partial charge is 0.508 e. The quantitative estimate of drug-likeness (QED) is 0.779. The first-order valence-corrected chi connectivity index (χ1v) is 6.39. The highest BCUT2D eigenvalue weighted by molar-refractivity contribution is 9.10. The average Bonchev–Trinajstić information content (AvgIpc) is 2.41. The van der Waals surface area contributed by atoms with Crippen molar-refractivity contribution in [2.24, 2.45) is 0 Å². The second-order valence-corrected chi connectivity index (χ2v) is 4.84. The van der Waals surface area contributed by atoms with Crippen LogP contribution in [0.3, 0.4) is 0 Å². The Kier molecular flexibility index (Phi) is 3.05. The maximum atomic E-state index is 9.24. The van der Waals surface area contributed by atoms with Crippen molar-refractivity contribution < 1.29 is 9.84 Å². The molecule has 0 amide bonds. The van der Waals surface area contributed by atoms with Crippen LogP contribution < -0.4 is 4.74 Å². The zero-order valence-electron chi connectivity index (χ0n) is 9.75. The van der Waals surface area contributed by atoms with Crippen molar-refractivity contribution in [3.8, 4) is 17.2 Å². The van der Waals surface area contributed by atoms with Gasteiger partial charge in [0.05, 0.1) is 5.52 Å². The van der Waals surface area contributed by atoms with E-state index < -0.39 is 0 Å². The summed E-state index contributed by atoms with van der Waals surface area (Å²) in [6.45, 7) is 0. The van der Waals surface area contributed by atoms with Gasteiger partial charge >= 0.3 is 0 Å². The van der Waals surface area contributed by atoms with Crippen LogP contribution in [0.1, 0.15) is 0 Å². The summed E-state index contributed by atoms with van der Waals surface area (Å²) >= 11 is 3.36. The third-order valence-electron chi connectivity index (χ3n) is 2.57. The molecule has 19 heavy (non-hydrogen) atoms. The normalized spacial score (nSPS) is 10.6. The molecular formula is C14H9BrN2O2. The van der Waals surface area contributed by atoms with Crippen LogP contribution in [0.15, 0.2) is 53.3 Å². The van der Waals surface area contributed by atoms with E-state index in [-0.39, 0.29) is 5.75 Å². The Bertz CT molecular complexity index is 729. The summed E-state index contributed by atoms with van der Waals surface area (Å²) in [5.74, 6) is 1.47. The molecule has 0 saturated carbocycles. The molecule has 3 aromatic rings. The highest BCUT2D eigenvalue weighted by Crippen LogP contribution is 2.29. The van der Waals surface area contributed by atoms with E-state index in [0.717, 1.165) is 9.99 Å². The fraction of sp³-hybridized carbons (Fsp3) is 0. The molecule has 5 heteroatoms. The SMILES string of the molecule is Oc1ccc(Oc2ccnc3cc(Br)cnc23)cc1. The van der Waals surface area contributed by atoms with Crippen LogP contribution in [0.25, 0.3) is 11.0 Å². The van der Waals surface area contributed by atoms with Crippen molar-refractivity contribution in [1.82, 2.24) is 9.97 Å². The molecule has 0 aliphatic carbocycles. The number of hydrogen-bond donors (Lipinski definition) is 1. The molecular weight excluding hydrogens is 308 g/mol. The van der Waals surface area contributed by atoms with Crippen LogP contribution in [0.2, 0.25) is 0 Å². The average molecular weight is 317 g/mol. The van der Waals surface area contributed by atoms with Gasteiger partial charge in [0.15, 0.2) is 5.75 Å². The van der Waals surface area contributed by atoms with Gasteiger partial charge in [-0.05, 0) is 46.3 Å². The van der Waals surface area contributed by atoms with E-state index in [2.05, 4.69) is 25.9 Å². The Morgan fingerprint density at radius 1 is 1.05 bits per heavy atom.